The molecule has 0 amide bonds. The molecular formula is C17H13FN2O3. The van der Waals surface area contributed by atoms with Crippen molar-refractivity contribution in [3.05, 3.63) is 69.6 Å². The Morgan fingerprint density at radius 2 is 2.13 bits per heavy atom. The first-order chi connectivity index (χ1) is 10.9. The predicted molar refractivity (Wildman–Crippen MR) is 83.8 cm³/mol. The zero-order valence-corrected chi connectivity index (χ0v) is 12.5. The fraction of sp³-hybridized carbons (Fsp3) is 0.118. The summed E-state index contributed by atoms with van der Waals surface area (Å²) in [6.45, 7) is 1.82. The van der Waals surface area contributed by atoms with Crippen molar-refractivity contribution in [2.24, 2.45) is 7.05 Å². The van der Waals surface area contributed by atoms with Crippen molar-refractivity contribution in [2.75, 3.05) is 0 Å². The van der Waals surface area contributed by atoms with E-state index in [0.29, 0.717) is 5.39 Å². The van der Waals surface area contributed by atoms with Crippen LogP contribution in [0.1, 0.15) is 21.6 Å². The molecule has 2 heterocycles. The van der Waals surface area contributed by atoms with Crippen LogP contribution in [0.2, 0.25) is 0 Å². The Balaban J connectivity index is 1.99. The van der Waals surface area contributed by atoms with Gasteiger partial charge in [0.05, 0.1) is 5.69 Å². The van der Waals surface area contributed by atoms with Gasteiger partial charge in [-0.1, -0.05) is 0 Å². The van der Waals surface area contributed by atoms with Gasteiger partial charge in [0, 0.05) is 24.2 Å². The minimum absolute atomic E-state index is 0.138. The third-order valence-corrected chi connectivity index (χ3v) is 3.43. The van der Waals surface area contributed by atoms with Crippen molar-refractivity contribution in [3.63, 3.8) is 0 Å². The molecule has 3 aromatic rings. The minimum Gasteiger partial charge on any atom is -0.422 e. The summed E-state index contributed by atoms with van der Waals surface area (Å²) in [6.07, 6.45) is 4.62. The first-order valence-electron chi connectivity index (χ1n) is 6.90. The first-order valence-corrected chi connectivity index (χ1v) is 6.90. The van der Waals surface area contributed by atoms with Crippen LogP contribution >= 0.6 is 0 Å². The molecule has 0 bridgehead atoms. The number of nitrogens with zero attached hydrogens (tertiary/aromatic N) is 2. The summed E-state index contributed by atoms with van der Waals surface area (Å²) in [6, 6.07) is 5.10. The van der Waals surface area contributed by atoms with Crippen LogP contribution in [0, 0.1) is 12.7 Å². The molecule has 0 saturated carbocycles. The number of allylic oxidation sites excluding steroid dienone is 1. The van der Waals surface area contributed by atoms with Crippen molar-refractivity contribution < 1.29 is 13.6 Å². The zero-order valence-electron chi connectivity index (χ0n) is 12.5. The molecule has 0 unspecified atom stereocenters. The number of hydrogen-bond acceptors (Lipinski definition) is 4. The monoisotopic (exact) mass is 312 g/mol. The van der Waals surface area contributed by atoms with Crippen LogP contribution in [0.15, 0.2) is 45.8 Å². The molecule has 6 heteroatoms. The molecule has 0 spiro atoms. The molecule has 0 saturated heterocycles. The molecule has 116 valence electrons. The number of benzene rings is 1. The van der Waals surface area contributed by atoms with Crippen molar-refractivity contribution in [1.82, 2.24) is 9.78 Å². The summed E-state index contributed by atoms with van der Waals surface area (Å²) in [5.41, 5.74) is 0.892. The second-order valence-corrected chi connectivity index (χ2v) is 5.17. The fourth-order valence-corrected chi connectivity index (χ4v) is 2.30. The highest BCUT2D eigenvalue weighted by atomic mass is 19.1. The van der Waals surface area contributed by atoms with Gasteiger partial charge in [0.2, 0.25) is 0 Å². The molecule has 0 aliphatic carbocycles. The number of carbonyl (C=O) groups excluding carboxylic acids is 1. The summed E-state index contributed by atoms with van der Waals surface area (Å²) in [5.74, 6) is -0.973. The lowest BCUT2D eigenvalue weighted by Crippen LogP contribution is -2.12. The topological polar surface area (TPSA) is 65.1 Å². The lowest BCUT2D eigenvalue weighted by molar-refractivity contribution is 0.104. The molecular weight excluding hydrogens is 299 g/mol. The first kappa shape index (κ1) is 14.9. The maximum Gasteiger partial charge on any atom is 0.347 e. The Bertz CT molecular complexity index is 999. The molecule has 0 N–H and O–H groups in total. The van der Waals surface area contributed by atoms with E-state index in [1.54, 1.807) is 24.0 Å². The number of ketones is 1. The number of fused-ring (bicyclic) bond motifs is 1. The third-order valence-electron chi connectivity index (χ3n) is 3.43. The van der Waals surface area contributed by atoms with Crippen molar-refractivity contribution in [2.45, 2.75) is 6.92 Å². The van der Waals surface area contributed by atoms with Gasteiger partial charge in [0.15, 0.2) is 5.78 Å². The van der Waals surface area contributed by atoms with E-state index in [0.717, 1.165) is 11.3 Å². The summed E-state index contributed by atoms with van der Waals surface area (Å²) in [4.78, 5) is 24.1. The van der Waals surface area contributed by atoms with Crippen molar-refractivity contribution >= 4 is 22.8 Å². The summed E-state index contributed by atoms with van der Waals surface area (Å²) < 4.78 is 19.9. The summed E-state index contributed by atoms with van der Waals surface area (Å²) in [5, 5.41) is 4.52. The van der Waals surface area contributed by atoms with Crippen LogP contribution in [0.3, 0.4) is 0 Å². The van der Waals surface area contributed by atoms with Crippen LogP contribution in [0.25, 0.3) is 17.0 Å². The lowest BCUT2D eigenvalue weighted by atomic mass is 10.1. The van der Waals surface area contributed by atoms with E-state index in [9.17, 15) is 14.0 Å². The van der Waals surface area contributed by atoms with Crippen LogP contribution in [0.4, 0.5) is 4.39 Å². The highest BCUT2D eigenvalue weighted by molar-refractivity contribution is 6.07. The van der Waals surface area contributed by atoms with Gasteiger partial charge >= 0.3 is 5.63 Å². The molecule has 0 aliphatic heterocycles. The SMILES string of the molecule is Cc1nn(C)cc1C=CC(=O)c1cc2cc(F)ccc2oc1=O. The van der Waals surface area contributed by atoms with Gasteiger partial charge in [-0.3, -0.25) is 9.48 Å². The minimum atomic E-state index is -0.748. The highest BCUT2D eigenvalue weighted by Gasteiger charge is 2.12. The molecule has 0 fully saturated rings. The Morgan fingerprint density at radius 3 is 2.83 bits per heavy atom. The van der Waals surface area contributed by atoms with Crippen LogP contribution in [-0.4, -0.2) is 15.6 Å². The van der Waals surface area contributed by atoms with Gasteiger partial charge in [-0.15, -0.1) is 0 Å². The van der Waals surface area contributed by atoms with Gasteiger partial charge in [-0.2, -0.15) is 5.10 Å². The maximum absolute atomic E-state index is 13.3. The van der Waals surface area contributed by atoms with Gasteiger partial charge in [0.25, 0.3) is 0 Å². The van der Waals surface area contributed by atoms with E-state index < -0.39 is 17.2 Å². The molecule has 0 atom stereocenters. The smallest absolute Gasteiger partial charge is 0.347 e. The number of hydrogen-bond donors (Lipinski definition) is 0. The van der Waals surface area contributed by atoms with Crippen molar-refractivity contribution in [3.8, 4) is 0 Å². The molecule has 5 nitrogen and oxygen atoms in total. The predicted octanol–water partition coefficient (Wildman–Crippen LogP) is 2.87. The summed E-state index contributed by atoms with van der Waals surface area (Å²) in [7, 11) is 1.78. The van der Waals surface area contributed by atoms with E-state index in [1.165, 1.54) is 30.3 Å². The van der Waals surface area contributed by atoms with Gasteiger partial charge in [-0.05, 0) is 43.3 Å². The lowest BCUT2D eigenvalue weighted by Gasteiger charge is -1.99. The molecule has 1 aromatic carbocycles. The average molecular weight is 312 g/mol. The Morgan fingerprint density at radius 1 is 1.35 bits per heavy atom. The Hall–Kier alpha value is -3.02. The Labute approximate surface area is 130 Å². The van der Waals surface area contributed by atoms with Gasteiger partial charge in [-0.25, -0.2) is 9.18 Å². The largest absolute Gasteiger partial charge is 0.422 e. The quantitative estimate of drug-likeness (QED) is 0.424. The normalized spacial score (nSPS) is 11.4. The van der Waals surface area contributed by atoms with E-state index in [2.05, 4.69) is 5.10 Å². The van der Waals surface area contributed by atoms with E-state index in [-0.39, 0.29) is 11.1 Å². The fourth-order valence-electron chi connectivity index (χ4n) is 2.30. The molecule has 2 aromatic heterocycles. The van der Waals surface area contributed by atoms with Gasteiger partial charge in [0.1, 0.15) is 17.0 Å². The molecule has 0 aliphatic rings. The average Bonchev–Trinajstić information content (AvgIpc) is 2.82. The second kappa shape index (κ2) is 5.64. The number of rotatable bonds is 3. The van der Waals surface area contributed by atoms with E-state index in [1.807, 2.05) is 6.92 Å². The summed E-state index contributed by atoms with van der Waals surface area (Å²) >= 11 is 0. The highest BCUT2D eigenvalue weighted by Crippen LogP contribution is 2.16. The number of halogens is 1. The van der Waals surface area contributed by atoms with Crippen LogP contribution in [-0.2, 0) is 7.05 Å². The van der Waals surface area contributed by atoms with Gasteiger partial charge < -0.3 is 4.42 Å². The molecule has 3 rings (SSSR count). The maximum atomic E-state index is 13.3. The molecule has 0 radical (unpaired) electrons. The van der Waals surface area contributed by atoms with Crippen LogP contribution in [0.5, 0.6) is 0 Å². The van der Waals surface area contributed by atoms with Crippen molar-refractivity contribution in [1.29, 1.82) is 0 Å². The number of carbonyl (C=O) groups is 1. The van der Waals surface area contributed by atoms with E-state index >= 15 is 0 Å². The number of aromatic nitrogens is 2. The third kappa shape index (κ3) is 2.96. The zero-order chi connectivity index (χ0) is 16.6. The van der Waals surface area contributed by atoms with Crippen LogP contribution < -0.4 is 5.63 Å². The van der Waals surface area contributed by atoms with E-state index in [4.69, 9.17) is 4.42 Å². The molecule has 23 heavy (non-hydrogen) atoms. The standard InChI is InChI=1S/C17H13FN2O3/c1-10-11(9-20(2)19-10)3-5-15(21)14-8-12-7-13(18)4-6-16(12)23-17(14)22/h3-9H,1-2H3. The Kier molecular flexibility index (Phi) is 3.65. The number of aryl methyl sites for hydroxylation is 2. The second-order valence-electron chi connectivity index (χ2n) is 5.17.